The van der Waals surface area contributed by atoms with Gasteiger partial charge in [-0.2, -0.15) is 0 Å². The van der Waals surface area contributed by atoms with Crippen molar-refractivity contribution in [1.29, 1.82) is 0 Å². The van der Waals surface area contributed by atoms with Crippen molar-refractivity contribution in [2.45, 2.75) is 25.4 Å². The largest absolute Gasteiger partial charge is 0.378 e. The number of hydrogen-bond donors (Lipinski definition) is 2. The molecule has 1 aromatic rings. The second-order valence-corrected chi connectivity index (χ2v) is 4.84. The number of hydrogen-bond acceptors (Lipinski definition) is 2. The van der Waals surface area contributed by atoms with E-state index in [0.717, 1.165) is 31.9 Å². The lowest BCUT2D eigenvalue weighted by Gasteiger charge is -2.13. The van der Waals surface area contributed by atoms with Gasteiger partial charge in [0.05, 0.1) is 11.8 Å². The Labute approximate surface area is 116 Å². The zero-order chi connectivity index (χ0) is 13.7. The van der Waals surface area contributed by atoms with Gasteiger partial charge in [0, 0.05) is 19.2 Å². The van der Waals surface area contributed by atoms with Crippen molar-refractivity contribution in [1.82, 2.24) is 5.32 Å². The molecule has 6 heteroatoms. The van der Waals surface area contributed by atoms with Crippen molar-refractivity contribution in [3.8, 4) is 0 Å². The summed E-state index contributed by atoms with van der Waals surface area (Å²) in [6.07, 6.45) is 3.34. The number of benzene rings is 1. The topological polar surface area (TPSA) is 33.3 Å². The van der Waals surface area contributed by atoms with E-state index in [4.69, 9.17) is 17.0 Å². The lowest BCUT2D eigenvalue weighted by atomic mass is 10.2. The van der Waals surface area contributed by atoms with Gasteiger partial charge in [0.15, 0.2) is 5.11 Å². The highest BCUT2D eigenvalue weighted by molar-refractivity contribution is 7.80. The minimum Gasteiger partial charge on any atom is -0.378 e. The molecule has 1 aliphatic heterocycles. The van der Waals surface area contributed by atoms with Crippen LogP contribution in [-0.4, -0.2) is 24.4 Å². The number of halogens is 2. The summed E-state index contributed by atoms with van der Waals surface area (Å²) < 4.78 is 31.6. The van der Waals surface area contributed by atoms with Gasteiger partial charge in [0.2, 0.25) is 0 Å². The molecule has 1 atom stereocenters. The van der Waals surface area contributed by atoms with Gasteiger partial charge in [0.25, 0.3) is 0 Å². The van der Waals surface area contributed by atoms with Crippen LogP contribution in [0.2, 0.25) is 0 Å². The Morgan fingerprint density at radius 1 is 1.42 bits per heavy atom. The third-order valence-corrected chi connectivity index (χ3v) is 3.20. The van der Waals surface area contributed by atoms with Gasteiger partial charge in [-0.15, -0.1) is 0 Å². The quantitative estimate of drug-likeness (QED) is 0.834. The van der Waals surface area contributed by atoms with Gasteiger partial charge in [0.1, 0.15) is 11.6 Å². The molecule has 1 heterocycles. The summed E-state index contributed by atoms with van der Waals surface area (Å²) in [6, 6.07) is 3.32. The summed E-state index contributed by atoms with van der Waals surface area (Å²) in [6.45, 7) is 1.49. The summed E-state index contributed by atoms with van der Waals surface area (Å²) in [5.74, 6) is -1.27. The van der Waals surface area contributed by atoms with Gasteiger partial charge in [-0.3, -0.25) is 0 Å². The number of anilines is 1. The predicted molar refractivity (Wildman–Crippen MR) is 74.2 cm³/mol. The smallest absolute Gasteiger partial charge is 0.170 e. The van der Waals surface area contributed by atoms with Gasteiger partial charge < -0.3 is 15.4 Å². The molecule has 19 heavy (non-hydrogen) atoms. The molecule has 0 radical (unpaired) electrons. The zero-order valence-electron chi connectivity index (χ0n) is 10.4. The molecule has 2 N–H and O–H groups in total. The standard InChI is InChI=1S/C13H16F2N2OS/c14-9-3-4-12(11(15)8-9)17-13(19)16-6-5-10-2-1-7-18-10/h3-4,8,10H,1-2,5-7H2,(H2,16,17,19). The van der Waals surface area contributed by atoms with Crippen LogP contribution < -0.4 is 10.6 Å². The maximum atomic E-state index is 13.4. The summed E-state index contributed by atoms with van der Waals surface area (Å²) in [7, 11) is 0. The van der Waals surface area contributed by atoms with Crippen molar-refractivity contribution < 1.29 is 13.5 Å². The Balaban J connectivity index is 1.74. The van der Waals surface area contributed by atoms with Crippen molar-refractivity contribution in [3.63, 3.8) is 0 Å². The Morgan fingerprint density at radius 2 is 2.26 bits per heavy atom. The zero-order valence-corrected chi connectivity index (χ0v) is 11.2. The first-order chi connectivity index (χ1) is 9.15. The molecule has 0 aromatic heterocycles. The molecule has 1 unspecified atom stereocenters. The van der Waals surface area contributed by atoms with Crippen LogP contribution in [0.3, 0.4) is 0 Å². The SMILES string of the molecule is Fc1ccc(NC(=S)NCCC2CCCO2)c(F)c1. The first kappa shape index (κ1) is 14.1. The van der Waals surface area contributed by atoms with Crippen LogP contribution in [0.1, 0.15) is 19.3 Å². The highest BCUT2D eigenvalue weighted by atomic mass is 32.1. The molecule has 1 aromatic carbocycles. The second kappa shape index (κ2) is 6.77. The fourth-order valence-corrected chi connectivity index (χ4v) is 2.19. The molecule has 0 spiro atoms. The normalized spacial score (nSPS) is 18.3. The molecule has 2 rings (SSSR count). The average Bonchev–Trinajstić information content (AvgIpc) is 2.86. The molecule has 0 aliphatic carbocycles. The van der Waals surface area contributed by atoms with Crippen molar-refractivity contribution in [2.24, 2.45) is 0 Å². The van der Waals surface area contributed by atoms with E-state index in [2.05, 4.69) is 10.6 Å². The van der Waals surface area contributed by atoms with E-state index in [1.807, 2.05) is 0 Å². The number of thiocarbonyl (C=S) groups is 1. The van der Waals surface area contributed by atoms with Crippen LogP contribution in [0, 0.1) is 11.6 Å². The number of rotatable bonds is 4. The van der Waals surface area contributed by atoms with Crippen molar-refractivity contribution >= 4 is 23.0 Å². The number of ether oxygens (including phenoxy) is 1. The summed E-state index contributed by atoms with van der Waals surface area (Å²) in [4.78, 5) is 0. The van der Waals surface area contributed by atoms with Crippen LogP contribution in [0.25, 0.3) is 0 Å². The van der Waals surface area contributed by atoms with E-state index in [-0.39, 0.29) is 11.8 Å². The van der Waals surface area contributed by atoms with Crippen molar-refractivity contribution in [3.05, 3.63) is 29.8 Å². The lowest BCUT2D eigenvalue weighted by molar-refractivity contribution is 0.105. The monoisotopic (exact) mass is 286 g/mol. The maximum absolute atomic E-state index is 13.4. The summed E-state index contributed by atoms with van der Waals surface area (Å²) in [5, 5.41) is 6.00. The molecule has 0 amide bonds. The molecular weight excluding hydrogens is 270 g/mol. The first-order valence-electron chi connectivity index (χ1n) is 6.26. The molecular formula is C13H16F2N2OS. The van der Waals surface area contributed by atoms with Crippen molar-refractivity contribution in [2.75, 3.05) is 18.5 Å². The van der Waals surface area contributed by atoms with E-state index in [0.29, 0.717) is 11.7 Å². The Kier molecular flexibility index (Phi) is 5.04. The van der Waals surface area contributed by atoms with E-state index >= 15 is 0 Å². The maximum Gasteiger partial charge on any atom is 0.170 e. The van der Waals surface area contributed by atoms with Gasteiger partial charge >= 0.3 is 0 Å². The highest BCUT2D eigenvalue weighted by Gasteiger charge is 2.14. The Bertz CT molecular complexity index is 450. The average molecular weight is 286 g/mol. The molecule has 1 aliphatic rings. The molecule has 1 fully saturated rings. The van der Waals surface area contributed by atoms with E-state index in [1.54, 1.807) is 0 Å². The molecule has 0 saturated carbocycles. The van der Waals surface area contributed by atoms with Crippen LogP contribution in [-0.2, 0) is 4.74 Å². The fourth-order valence-electron chi connectivity index (χ4n) is 1.98. The van der Waals surface area contributed by atoms with Gasteiger partial charge in [-0.1, -0.05) is 0 Å². The second-order valence-electron chi connectivity index (χ2n) is 4.43. The minimum atomic E-state index is -0.664. The van der Waals surface area contributed by atoms with E-state index in [1.165, 1.54) is 12.1 Å². The Morgan fingerprint density at radius 3 is 2.95 bits per heavy atom. The predicted octanol–water partition coefficient (Wildman–Crippen LogP) is 2.82. The van der Waals surface area contributed by atoms with E-state index < -0.39 is 11.6 Å². The summed E-state index contributed by atoms with van der Waals surface area (Å²) >= 11 is 5.05. The molecule has 1 saturated heterocycles. The molecule has 0 bridgehead atoms. The lowest BCUT2D eigenvalue weighted by Crippen LogP contribution is -2.31. The Hall–Kier alpha value is -1.27. The fraction of sp³-hybridized carbons (Fsp3) is 0.462. The molecule has 3 nitrogen and oxygen atoms in total. The van der Waals surface area contributed by atoms with Crippen LogP contribution >= 0.6 is 12.2 Å². The van der Waals surface area contributed by atoms with E-state index in [9.17, 15) is 8.78 Å². The van der Waals surface area contributed by atoms with Crippen LogP contribution in [0.4, 0.5) is 14.5 Å². The third kappa shape index (κ3) is 4.40. The van der Waals surface area contributed by atoms with Gasteiger partial charge in [-0.05, 0) is 43.6 Å². The highest BCUT2D eigenvalue weighted by Crippen LogP contribution is 2.15. The summed E-state index contributed by atoms with van der Waals surface area (Å²) in [5.41, 5.74) is 0.163. The number of nitrogens with one attached hydrogen (secondary N) is 2. The van der Waals surface area contributed by atoms with Crippen LogP contribution in [0.15, 0.2) is 18.2 Å². The minimum absolute atomic E-state index is 0.163. The third-order valence-electron chi connectivity index (χ3n) is 2.96. The molecule has 104 valence electrons. The van der Waals surface area contributed by atoms with Crippen LogP contribution in [0.5, 0.6) is 0 Å². The van der Waals surface area contributed by atoms with Gasteiger partial charge in [-0.25, -0.2) is 8.78 Å². The first-order valence-corrected chi connectivity index (χ1v) is 6.67.